The topological polar surface area (TPSA) is 133 Å². The number of rotatable bonds is 8. The first kappa shape index (κ1) is 22.5. The fourth-order valence-corrected chi connectivity index (χ4v) is 3.83. The molecule has 9 nitrogen and oxygen atoms in total. The van der Waals surface area contributed by atoms with Crippen molar-refractivity contribution in [2.24, 2.45) is 0 Å². The third-order valence-electron chi connectivity index (χ3n) is 4.57. The number of amides is 1. The van der Waals surface area contributed by atoms with Crippen molar-refractivity contribution in [3.63, 3.8) is 0 Å². The normalized spacial score (nSPS) is 15.2. The fraction of sp³-hybridized carbons (Fsp3) is 0.474. The van der Waals surface area contributed by atoms with Gasteiger partial charge in [-0.2, -0.15) is 0 Å². The molecular weight excluding hydrogens is 400 g/mol. The summed E-state index contributed by atoms with van der Waals surface area (Å²) < 4.78 is 28.4. The zero-order valence-corrected chi connectivity index (χ0v) is 17.2. The first-order valence-corrected chi connectivity index (χ1v) is 11.1. The number of benzene rings is 1. The van der Waals surface area contributed by atoms with E-state index in [0.29, 0.717) is 6.54 Å². The van der Waals surface area contributed by atoms with Crippen molar-refractivity contribution < 1.29 is 27.7 Å². The third kappa shape index (κ3) is 6.38. The second-order valence-corrected chi connectivity index (χ2v) is 8.89. The van der Waals surface area contributed by atoms with Crippen molar-refractivity contribution in [1.82, 2.24) is 5.32 Å². The maximum Gasteiger partial charge on any atom is 0.339 e. The van der Waals surface area contributed by atoms with Gasteiger partial charge in [0.15, 0.2) is 15.9 Å². The van der Waals surface area contributed by atoms with Crippen LogP contribution in [0.25, 0.3) is 0 Å². The zero-order chi connectivity index (χ0) is 21.6. The predicted molar refractivity (Wildman–Crippen MR) is 105 cm³/mol. The fourth-order valence-electron chi connectivity index (χ4n) is 3.00. The zero-order valence-electron chi connectivity index (χ0n) is 16.3. The van der Waals surface area contributed by atoms with E-state index in [4.69, 9.17) is 4.74 Å². The average molecular weight is 424 g/mol. The summed E-state index contributed by atoms with van der Waals surface area (Å²) in [6, 6.07) is 2.93. The van der Waals surface area contributed by atoms with E-state index in [1.165, 1.54) is 18.9 Å². The number of hydrogen-bond acceptors (Lipinski definition) is 7. The van der Waals surface area contributed by atoms with Crippen LogP contribution in [0, 0.1) is 10.1 Å². The molecule has 1 aliphatic rings. The van der Waals surface area contributed by atoms with Gasteiger partial charge in [-0.1, -0.05) is 11.6 Å². The Bertz CT molecular complexity index is 938. The van der Waals surface area contributed by atoms with Gasteiger partial charge >= 0.3 is 5.97 Å². The van der Waals surface area contributed by atoms with Crippen LogP contribution in [0.15, 0.2) is 34.7 Å². The Labute approximate surface area is 169 Å². The molecule has 158 valence electrons. The number of nitro benzene ring substituents is 1. The summed E-state index contributed by atoms with van der Waals surface area (Å²) in [4.78, 5) is 34.1. The molecular formula is C19H24N2O7S. The van der Waals surface area contributed by atoms with E-state index in [2.05, 4.69) is 11.4 Å². The Hall–Kier alpha value is -2.75. The number of nitrogens with one attached hydrogen (secondary N) is 1. The molecule has 2 rings (SSSR count). The predicted octanol–water partition coefficient (Wildman–Crippen LogP) is 2.55. The van der Waals surface area contributed by atoms with Crippen molar-refractivity contribution in [3.05, 3.63) is 45.5 Å². The molecule has 0 radical (unpaired) electrons. The second kappa shape index (κ2) is 9.64. The highest BCUT2D eigenvalue weighted by Gasteiger charge is 2.26. The Morgan fingerprint density at radius 1 is 1.31 bits per heavy atom. The summed E-state index contributed by atoms with van der Waals surface area (Å²) in [6.07, 6.45) is 7.09. The van der Waals surface area contributed by atoms with Crippen LogP contribution in [0.2, 0.25) is 0 Å². The highest BCUT2D eigenvalue weighted by Crippen LogP contribution is 2.25. The average Bonchev–Trinajstić information content (AvgIpc) is 2.67. The number of allylic oxidation sites excluding steroid dienone is 1. The van der Waals surface area contributed by atoms with E-state index in [-0.39, 0.29) is 5.56 Å². The lowest BCUT2D eigenvalue weighted by molar-refractivity contribution is -0.387. The number of nitro groups is 1. The molecule has 0 heterocycles. The number of ether oxygens (including phenoxy) is 1. The van der Waals surface area contributed by atoms with Crippen LogP contribution in [-0.2, 0) is 19.4 Å². The van der Waals surface area contributed by atoms with Crippen LogP contribution in [-0.4, -0.2) is 44.1 Å². The lowest BCUT2D eigenvalue weighted by Gasteiger charge is -2.15. The molecule has 10 heteroatoms. The highest BCUT2D eigenvalue weighted by atomic mass is 32.2. The molecule has 1 aromatic rings. The largest absolute Gasteiger partial charge is 0.449 e. The van der Waals surface area contributed by atoms with E-state index in [1.54, 1.807) is 0 Å². The van der Waals surface area contributed by atoms with Crippen molar-refractivity contribution in [3.8, 4) is 0 Å². The van der Waals surface area contributed by atoms with E-state index in [0.717, 1.165) is 50.1 Å². The molecule has 1 atom stereocenters. The number of hydrogen-bond donors (Lipinski definition) is 1. The summed E-state index contributed by atoms with van der Waals surface area (Å²) in [5, 5.41) is 13.8. The maximum atomic E-state index is 12.2. The van der Waals surface area contributed by atoms with Crippen molar-refractivity contribution >= 4 is 27.4 Å². The first-order chi connectivity index (χ1) is 13.6. The molecule has 1 N–H and O–H groups in total. The van der Waals surface area contributed by atoms with Gasteiger partial charge in [0, 0.05) is 18.9 Å². The molecule has 1 unspecified atom stereocenters. The molecule has 0 bridgehead atoms. The van der Waals surface area contributed by atoms with E-state index in [1.807, 2.05) is 0 Å². The number of carbonyl (C=O) groups is 2. The van der Waals surface area contributed by atoms with Gasteiger partial charge < -0.3 is 10.1 Å². The van der Waals surface area contributed by atoms with Gasteiger partial charge in [-0.25, -0.2) is 13.2 Å². The summed E-state index contributed by atoms with van der Waals surface area (Å²) >= 11 is 0. The van der Waals surface area contributed by atoms with Gasteiger partial charge in [0.1, 0.15) is 4.90 Å². The first-order valence-electron chi connectivity index (χ1n) is 9.24. The van der Waals surface area contributed by atoms with Crippen molar-refractivity contribution in [1.29, 1.82) is 0 Å². The Kier molecular flexibility index (Phi) is 7.49. The van der Waals surface area contributed by atoms with Gasteiger partial charge in [0.25, 0.3) is 11.6 Å². The monoisotopic (exact) mass is 424 g/mol. The second-order valence-electron chi connectivity index (χ2n) is 6.91. The minimum absolute atomic E-state index is 0.212. The Morgan fingerprint density at radius 2 is 2.03 bits per heavy atom. The molecule has 0 fully saturated rings. The highest BCUT2D eigenvalue weighted by molar-refractivity contribution is 7.90. The standard InChI is InChI=1S/C19H24N2O7S/c1-13(18(22)20-11-10-14-6-4-3-5-7-14)28-19(23)15-8-9-17(29(2,26)27)16(12-15)21(24)25/h6,8-9,12-13H,3-5,7,10-11H2,1-2H3,(H,20,22). The van der Waals surface area contributed by atoms with Gasteiger partial charge in [-0.15, -0.1) is 0 Å². The smallest absolute Gasteiger partial charge is 0.339 e. The van der Waals surface area contributed by atoms with Gasteiger partial charge in [-0.05, 0) is 51.2 Å². The molecule has 1 aliphatic carbocycles. The maximum absolute atomic E-state index is 12.2. The van der Waals surface area contributed by atoms with E-state index >= 15 is 0 Å². The summed E-state index contributed by atoms with van der Waals surface area (Å²) in [5.41, 5.74) is 0.371. The quantitative estimate of drug-likeness (QED) is 0.293. The summed E-state index contributed by atoms with van der Waals surface area (Å²) in [7, 11) is -3.84. The van der Waals surface area contributed by atoms with Crippen LogP contribution in [0.3, 0.4) is 0 Å². The Morgan fingerprint density at radius 3 is 2.62 bits per heavy atom. The molecule has 0 saturated carbocycles. The molecule has 0 spiro atoms. The van der Waals surface area contributed by atoms with E-state index in [9.17, 15) is 28.1 Å². The van der Waals surface area contributed by atoms with Crippen molar-refractivity contribution in [2.75, 3.05) is 12.8 Å². The Balaban J connectivity index is 1.97. The molecule has 1 amide bonds. The van der Waals surface area contributed by atoms with Crippen LogP contribution in [0.1, 0.15) is 49.4 Å². The van der Waals surface area contributed by atoms with Gasteiger partial charge in [0.05, 0.1) is 10.5 Å². The molecule has 29 heavy (non-hydrogen) atoms. The SMILES string of the molecule is CC(OC(=O)c1ccc(S(C)(=O)=O)c([N+](=O)[O-])c1)C(=O)NCCC1=CCCCC1. The van der Waals surface area contributed by atoms with Crippen molar-refractivity contribution in [2.45, 2.75) is 50.0 Å². The number of nitrogens with zero attached hydrogens (tertiary/aromatic N) is 1. The summed E-state index contributed by atoms with van der Waals surface area (Å²) in [5.74, 6) is -1.43. The minimum Gasteiger partial charge on any atom is -0.449 e. The van der Waals surface area contributed by atoms with Gasteiger partial charge in [-0.3, -0.25) is 14.9 Å². The summed E-state index contributed by atoms with van der Waals surface area (Å²) in [6.45, 7) is 1.83. The number of carbonyl (C=O) groups excluding carboxylic acids is 2. The number of esters is 1. The van der Waals surface area contributed by atoms with E-state index < -0.39 is 43.3 Å². The van der Waals surface area contributed by atoms with Crippen LogP contribution in [0.4, 0.5) is 5.69 Å². The van der Waals surface area contributed by atoms with Crippen LogP contribution >= 0.6 is 0 Å². The lowest BCUT2D eigenvalue weighted by Crippen LogP contribution is -2.36. The minimum atomic E-state index is -3.84. The molecule has 0 saturated heterocycles. The number of sulfone groups is 1. The third-order valence-corrected chi connectivity index (χ3v) is 5.72. The van der Waals surface area contributed by atoms with Gasteiger partial charge in [0.2, 0.25) is 0 Å². The van der Waals surface area contributed by atoms with Crippen LogP contribution in [0.5, 0.6) is 0 Å². The molecule has 1 aromatic carbocycles. The molecule has 0 aliphatic heterocycles. The van der Waals surface area contributed by atoms with Crippen LogP contribution < -0.4 is 5.32 Å². The molecule has 0 aromatic heterocycles. The lowest BCUT2D eigenvalue weighted by atomic mass is 9.97.